The number of thioether (sulfide) groups is 1. The minimum Gasteiger partial charge on any atom is -0.388 e. The molecule has 0 radical (unpaired) electrons. The minimum absolute atomic E-state index is 0.0154. The lowest BCUT2D eigenvalue weighted by atomic mass is 10.0. The van der Waals surface area contributed by atoms with Crippen molar-refractivity contribution in [3.8, 4) is 11.8 Å². The Kier molecular flexibility index (Phi) is 18.3. The molecule has 0 saturated carbocycles. The van der Waals surface area contributed by atoms with Gasteiger partial charge in [0.1, 0.15) is 18.0 Å². The topological polar surface area (TPSA) is 350 Å². The molecule has 23 nitrogen and oxygen atoms in total. The van der Waals surface area contributed by atoms with Crippen LogP contribution in [-0.4, -0.2) is 114 Å². The van der Waals surface area contributed by atoms with E-state index < -0.39 is 54.5 Å². The summed E-state index contributed by atoms with van der Waals surface area (Å²) in [5, 5.41) is 22.3. The highest BCUT2D eigenvalue weighted by molar-refractivity contribution is 8.00. The second-order valence-corrected chi connectivity index (χ2v) is 18.0. The number of unbranched alkanes of at least 4 members (excludes halogenated alkanes) is 3. The molecular weight excluding hydrogens is 815 g/mol. The number of hydrogen-bond acceptors (Lipinski definition) is 15. The van der Waals surface area contributed by atoms with Crippen molar-refractivity contribution in [2.45, 2.75) is 87.5 Å². The van der Waals surface area contributed by atoms with Crippen LogP contribution < -0.4 is 32.7 Å². The Hall–Kier alpha value is -2.87. The number of carbonyl (C=O) groups excluding carboxylic acids is 3. The second kappa shape index (κ2) is 21.6. The lowest BCUT2D eigenvalue weighted by Gasteiger charge is -2.23. The van der Waals surface area contributed by atoms with Gasteiger partial charge in [-0.15, -0.1) is 0 Å². The van der Waals surface area contributed by atoms with E-state index in [1.807, 2.05) is 11.8 Å². The number of aromatic nitrogens is 2. The molecule has 1 aromatic rings. The predicted molar refractivity (Wildman–Crippen MR) is 195 cm³/mol. The highest BCUT2D eigenvalue weighted by Gasteiger charge is 2.43. The summed E-state index contributed by atoms with van der Waals surface area (Å²) in [7, 11) is -15.8. The molecule has 11 N–H and O–H groups in total. The van der Waals surface area contributed by atoms with Crippen LogP contribution in [0.2, 0.25) is 0 Å². The zero-order valence-corrected chi connectivity index (χ0v) is 33.1. The number of phosphoric acid groups is 3. The van der Waals surface area contributed by atoms with Crippen molar-refractivity contribution in [1.29, 1.82) is 0 Å². The molecule has 2 aliphatic rings. The van der Waals surface area contributed by atoms with Gasteiger partial charge in [0.05, 0.1) is 37.3 Å². The van der Waals surface area contributed by atoms with Crippen LogP contribution in [0.1, 0.15) is 56.9 Å². The van der Waals surface area contributed by atoms with Gasteiger partial charge < -0.3 is 56.4 Å². The number of nitrogen functional groups attached to an aromatic ring is 1. The number of nitrogens with one attached hydrogen (secondary N) is 4. The average molecular weight is 862 g/mol. The Bertz CT molecular complexity index is 1770. The van der Waals surface area contributed by atoms with Crippen LogP contribution >= 0.6 is 35.2 Å². The smallest absolute Gasteiger partial charge is 0.388 e. The summed E-state index contributed by atoms with van der Waals surface area (Å²) >= 11 is 1.85. The van der Waals surface area contributed by atoms with Crippen molar-refractivity contribution in [3.05, 3.63) is 22.2 Å². The fraction of sp³-hybridized carbons (Fsp3) is 0.679. The van der Waals surface area contributed by atoms with Gasteiger partial charge in [-0.1, -0.05) is 24.7 Å². The number of urea groups is 1. The largest absolute Gasteiger partial charge is 0.490 e. The van der Waals surface area contributed by atoms with Crippen molar-refractivity contribution in [2.24, 2.45) is 0 Å². The minimum atomic E-state index is -5.76. The number of nitrogens with two attached hydrogens (primary N) is 1. The zero-order chi connectivity index (χ0) is 40.8. The van der Waals surface area contributed by atoms with E-state index in [-0.39, 0.29) is 54.3 Å². The Balaban J connectivity index is 1.32. The van der Waals surface area contributed by atoms with Crippen LogP contribution in [0.15, 0.2) is 11.0 Å². The van der Waals surface area contributed by atoms with Crippen LogP contribution in [0.25, 0.3) is 0 Å². The van der Waals surface area contributed by atoms with E-state index in [1.165, 1.54) is 0 Å². The van der Waals surface area contributed by atoms with Crippen LogP contribution in [0.5, 0.6) is 0 Å². The highest BCUT2D eigenvalue weighted by Crippen LogP contribution is 2.66. The monoisotopic (exact) mass is 861 g/mol. The Morgan fingerprint density at radius 3 is 2.42 bits per heavy atom. The maximum absolute atomic E-state index is 12.4. The van der Waals surface area contributed by atoms with E-state index in [9.17, 15) is 47.8 Å². The average Bonchev–Trinajstić information content (AvgIpc) is 3.62. The van der Waals surface area contributed by atoms with E-state index in [0.29, 0.717) is 31.1 Å². The molecule has 2 fully saturated rings. The number of amides is 4. The first-order valence-corrected chi connectivity index (χ1v) is 22.4. The zero-order valence-electron chi connectivity index (χ0n) is 29.6. The molecule has 7 atom stereocenters. The Labute approximate surface area is 319 Å². The van der Waals surface area contributed by atoms with Crippen LogP contribution in [0.4, 0.5) is 10.6 Å². The lowest BCUT2D eigenvalue weighted by molar-refractivity contribution is -0.122. The van der Waals surface area contributed by atoms with E-state index in [2.05, 4.69) is 51.2 Å². The number of fused-ring (bicyclic) bond motifs is 1. The molecule has 3 rings (SSSR count). The fourth-order valence-electron chi connectivity index (χ4n) is 5.41. The van der Waals surface area contributed by atoms with Crippen LogP contribution in [0, 0.1) is 11.8 Å². The Morgan fingerprint density at radius 1 is 1.04 bits per heavy atom. The summed E-state index contributed by atoms with van der Waals surface area (Å²) in [5.74, 6) is 5.74. The van der Waals surface area contributed by atoms with Crippen molar-refractivity contribution in [2.75, 3.05) is 38.3 Å². The van der Waals surface area contributed by atoms with Crippen LogP contribution in [0.3, 0.4) is 0 Å². The lowest BCUT2D eigenvalue weighted by Crippen LogP contribution is -2.39. The number of anilines is 1. The fourth-order valence-corrected chi connectivity index (χ4v) is 9.98. The molecule has 0 aliphatic carbocycles. The normalized spacial score (nSPS) is 21.1. The summed E-state index contributed by atoms with van der Waals surface area (Å²) in [6.45, 7) is -1.07. The van der Waals surface area contributed by atoms with Gasteiger partial charge in [-0.2, -0.15) is 25.4 Å². The van der Waals surface area contributed by atoms with Crippen molar-refractivity contribution < 1.29 is 70.6 Å². The first kappa shape index (κ1) is 46.5. The van der Waals surface area contributed by atoms with E-state index in [4.69, 9.17) is 20.3 Å². The number of nitrogens with zero attached hydrogens (tertiary/aromatic N) is 2. The van der Waals surface area contributed by atoms with Gasteiger partial charge in [0.25, 0.3) is 0 Å². The number of aliphatic hydroxyl groups is 1. The second-order valence-electron chi connectivity index (χ2n) is 12.3. The van der Waals surface area contributed by atoms with Gasteiger partial charge in [0.2, 0.25) is 11.8 Å². The first-order chi connectivity index (χ1) is 25.8. The molecule has 310 valence electrons. The predicted octanol–water partition coefficient (Wildman–Crippen LogP) is -0.585. The quantitative estimate of drug-likeness (QED) is 0.0285. The molecule has 1 aromatic heterocycles. The highest BCUT2D eigenvalue weighted by atomic mass is 32.2. The molecule has 27 heteroatoms. The maximum atomic E-state index is 12.4. The number of rotatable bonds is 23. The number of aliphatic hydroxyl groups excluding tert-OH is 1. The molecule has 2 unspecified atom stereocenters. The SMILES string of the molecule is CO[C@H](COP(=O)(O)OP(=O)(O)OP(=O)(O)O)[C@@H](O)Cn1cc(C#CCNC(=O)CCCCCNC(=O)CCCC[C@@H]2SC[C@@H]3NC(=O)N[C@@H]32)c(N)nc1=O. The number of ether oxygens (including phenoxy) is 1. The summed E-state index contributed by atoms with van der Waals surface area (Å²) in [5.41, 5.74) is 4.94. The van der Waals surface area contributed by atoms with E-state index in [0.717, 1.165) is 49.3 Å². The van der Waals surface area contributed by atoms with Crippen molar-refractivity contribution in [1.82, 2.24) is 30.8 Å². The number of phosphoric ester groups is 1. The van der Waals surface area contributed by atoms with Crippen LogP contribution in [-0.2, 0) is 47.7 Å². The van der Waals surface area contributed by atoms with E-state index in [1.54, 1.807) is 0 Å². The molecule has 55 heavy (non-hydrogen) atoms. The summed E-state index contributed by atoms with van der Waals surface area (Å²) in [6.07, 6.45) is 3.38. The van der Waals surface area contributed by atoms with Gasteiger partial charge in [-0.3, -0.25) is 18.7 Å². The molecule has 0 spiro atoms. The van der Waals surface area contributed by atoms with E-state index >= 15 is 0 Å². The van der Waals surface area contributed by atoms with Crippen molar-refractivity contribution in [3.63, 3.8) is 0 Å². The van der Waals surface area contributed by atoms with Gasteiger partial charge in [0.15, 0.2) is 0 Å². The third-order valence-corrected chi connectivity index (χ3v) is 13.3. The Morgan fingerprint density at radius 2 is 1.73 bits per heavy atom. The summed E-state index contributed by atoms with van der Waals surface area (Å²) in [4.78, 5) is 88.0. The molecule has 3 heterocycles. The third-order valence-electron chi connectivity index (χ3n) is 8.04. The number of hydrogen-bond donors (Lipinski definition) is 10. The molecule has 0 bridgehead atoms. The maximum Gasteiger partial charge on any atom is 0.490 e. The van der Waals surface area contributed by atoms with Gasteiger partial charge in [0, 0.05) is 43.7 Å². The number of methoxy groups -OCH3 is 1. The van der Waals surface area contributed by atoms with Crippen molar-refractivity contribution >= 4 is 58.9 Å². The first-order valence-electron chi connectivity index (χ1n) is 16.8. The molecular formula is C28H46N7O16P3S. The molecule has 4 amide bonds. The summed E-state index contributed by atoms with van der Waals surface area (Å²) in [6, 6.07) is 0.239. The standard InChI is InChI=1S/C28H46N7O16P3S/c1-48-21(16-49-53(44,45)51-54(46,47)50-52(41,42)43)20(36)15-35-14-18(26(29)34-28(35)40)8-7-13-31-23(37)10-3-2-6-12-30-24(38)11-5-4-9-22-25-19(17-55-22)32-27(39)33-25/h14,19-22,25,36H,2-6,9-13,15-17H2,1H3,(H,30,38)(H,31,37)(H,44,45)(H,46,47)(H2,29,34,40)(H2,32,33,39)(H2,41,42,43)/t19-,20-,21+,22-,25-/m0/s1. The molecule has 2 saturated heterocycles. The summed E-state index contributed by atoms with van der Waals surface area (Å²) < 4.78 is 51.8. The van der Waals surface area contributed by atoms with Gasteiger partial charge >= 0.3 is 35.2 Å². The third kappa shape index (κ3) is 17.0. The van der Waals surface area contributed by atoms with Gasteiger partial charge in [-0.05, 0) is 25.7 Å². The number of carbonyl (C=O) groups is 3. The molecule has 2 aliphatic heterocycles. The van der Waals surface area contributed by atoms with Gasteiger partial charge in [-0.25, -0.2) is 23.3 Å². The molecule has 0 aromatic carbocycles.